The van der Waals surface area contributed by atoms with E-state index in [0.717, 1.165) is 23.3 Å². The minimum atomic E-state index is -0.506. The summed E-state index contributed by atoms with van der Waals surface area (Å²) in [7, 11) is 0. The molecule has 0 aliphatic carbocycles. The van der Waals surface area contributed by atoms with Crippen LogP contribution in [0.15, 0.2) is 58.9 Å². The van der Waals surface area contributed by atoms with Crippen LogP contribution in [-0.2, 0) is 11.4 Å². The molecule has 3 N–H and O–H groups in total. The zero-order valence-electron chi connectivity index (χ0n) is 18.1. The van der Waals surface area contributed by atoms with Gasteiger partial charge in [0.05, 0.1) is 15.6 Å². The molecule has 4 rings (SSSR count). The second kappa shape index (κ2) is 10.1. The topological polar surface area (TPSA) is 95.1 Å². The second-order valence-corrected chi connectivity index (χ2v) is 9.42. The van der Waals surface area contributed by atoms with E-state index in [9.17, 15) is 4.79 Å². The van der Waals surface area contributed by atoms with Gasteiger partial charge in [0.2, 0.25) is 17.0 Å². The maximum absolute atomic E-state index is 12.3. The number of anilines is 1. The predicted octanol–water partition coefficient (Wildman–Crippen LogP) is 5.44. The van der Waals surface area contributed by atoms with Crippen molar-refractivity contribution < 1.29 is 9.53 Å². The number of ether oxygens (including phenoxy) is 1. The molecule has 0 bridgehead atoms. The van der Waals surface area contributed by atoms with Crippen molar-refractivity contribution in [1.82, 2.24) is 14.8 Å². The van der Waals surface area contributed by atoms with E-state index in [1.165, 1.54) is 0 Å². The summed E-state index contributed by atoms with van der Waals surface area (Å²) in [5.41, 5.74) is 8.62. The van der Waals surface area contributed by atoms with Crippen LogP contribution >= 0.6 is 35.0 Å². The summed E-state index contributed by atoms with van der Waals surface area (Å²) < 4.78 is 7.61. The van der Waals surface area contributed by atoms with Crippen LogP contribution in [0.5, 0.6) is 5.75 Å². The average molecular weight is 504 g/mol. The lowest BCUT2D eigenvalue weighted by Gasteiger charge is -2.27. The number of carbonyl (C=O) groups excluding carboxylic acids is 1. The third kappa shape index (κ3) is 5.13. The Morgan fingerprint density at radius 3 is 2.64 bits per heavy atom. The van der Waals surface area contributed by atoms with Crippen LogP contribution in [0.3, 0.4) is 0 Å². The lowest BCUT2D eigenvalue weighted by Crippen LogP contribution is -2.31. The van der Waals surface area contributed by atoms with E-state index in [0.29, 0.717) is 44.8 Å². The molecule has 2 aromatic carbocycles. The van der Waals surface area contributed by atoms with Crippen LogP contribution in [0.1, 0.15) is 37.4 Å². The smallest absolute Gasteiger partial charge is 0.248 e. The number of nitrogens with zero attached hydrogens (tertiary/aromatic N) is 3. The molecule has 1 atom stereocenters. The van der Waals surface area contributed by atoms with E-state index in [4.69, 9.17) is 33.7 Å². The molecule has 0 saturated heterocycles. The Labute approximate surface area is 206 Å². The van der Waals surface area contributed by atoms with Crippen molar-refractivity contribution in [3.8, 4) is 5.75 Å². The van der Waals surface area contributed by atoms with E-state index in [1.807, 2.05) is 37.3 Å². The van der Waals surface area contributed by atoms with Crippen molar-refractivity contribution in [1.29, 1.82) is 0 Å². The third-order valence-corrected chi connectivity index (χ3v) is 6.90. The van der Waals surface area contributed by atoms with Crippen LogP contribution in [0.4, 0.5) is 5.95 Å². The fourth-order valence-electron chi connectivity index (χ4n) is 3.56. The van der Waals surface area contributed by atoms with Crippen molar-refractivity contribution in [2.24, 2.45) is 5.73 Å². The zero-order chi connectivity index (χ0) is 23.5. The third-order valence-electron chi connectivity index (χ3n) is 5.12. The Morgan fingerprint density at radius 2 is 1.97 bits per heavy atom. The summed E-state index contributed by atoms with van der Waals surface area (Å²) in [6.45, 7) is 4.27. The first kappa shape index (κ1) is 23.5. The van der Waals surface area contributed by atoms with Crippen molar-refractivity contribution in [3.05, 3.63) is 74.9 Å². The van der Waals surface area contributed by atoms with Crippen LogP contribution in [0, 0.1) is 0 Å². The molecular formula is C23H23Cl2N5O2S. The van der Waals surface area contributed by atoms with Gasteiger partial charge in [-0.15, -0.1) is 5.10 Å². The van der Waals surface area contributed by atoms with Crippen molar-refractivity contribution in [3.63, 3.8) is 0 Å². The van der Waals surface area contributed by atoms with Gasteiger partial charge in [0, 0.05) is 11.4 Å². The highest BCUT2D eigenvalue weighted by atomic mass is 35.5. The van der Waals surface area contributed by atoms with Crippen molar-refractivity contribution in [2.45, 2.75) is 38.1 Å². The molecule has 3 aromatic rings. The Morgan fingerprint density at radius 1 is 1.21 bits per heavy atom. The highest BCUT2D eigenvalue weighted by Gasteiger charge is 2.33. The lowest BCUT2D eigenvalue weighted by atomic mass is 9.95. The predicted molar refractivity (Wildman–Crippen MR) is 132 cm³/mol. The van der Waals surface area contributed by atoms with Gasteiger partial charge in [-0.2, -0.15) is 4.98 Å². The Bertz CT molecular complexity index is 1210. The first-order chi connectivity index (χ1) is 15.9. The maximum Gasteiger partial charge on any atom is 0.248 e. The van der Waals surface area contributed by atoms with Gasteiger partial charge >= 0.3 is 0 Å². The first-order valence-corrected chi connectivity index (χ1v) is 12.1. The van der Waals surface area contributed by atoms with E-state index in [1.54, 1.807) is 28.6 Å². The number of carbonyl (C=O) groups is 1. The minimum Gasteiger partial charge on any atom is -0.489 e. The number of rotatable bonds is 8. The molecule has 172 valence electrons. The van der Waals surface area contributed by atoms with Crippen LogP contribution in [0.25, 0.3) is 0 Å². The Kier molecular flexibility index (Phi) is 7.17. The monoisotopic (exact) mass is 503 g/mol. The standard InChI is InChI=1S/C23H23Cl2N5O2S/c1-3-10-33-23-28-22-27-13(2)19(21(26)31)20(30(22)29-23)15-5-7-16(8-6-15)32-12-14-4-9-17(24)18(25)11-14/h4-9,11,20H,3,10,12H2,1-2H3,(H2,26,31)(H,27,28,29). The van der Waals surface area contributed by atoms with Crippen LogP contribution < -0.4 is 15.8 Å². The number of nitrogens with two attached hydrogens (primary N) is 1. The molecule has 0 fully saturated rings. The molecule has 2 heterocycles. The molecule has 1 aliphatic heterocycles. The number of primary amides is 1. The van der Waals surface area contributed by atoms with E-state index < -0.39 is 11.9 Å². The van der Waals surface area contributed by atoms with Crippen molar-refractivity contribution in [2.75, 3.05) is 11.1 Å². The average Bonchev–Trinajstić information content (AvgIpc) is 3.20. The lowest BCUT2D eigenvalue weighted by molar-refractivity contribution is -0.115. The summed E-state index contributed by atoms with van der Waals surface area (Å²) in [4.78, 5) is 16.9. The molecular weight excluding hydrogens is 481 g/mol. The number of hydrogen-bond acceptors (Lipinski definition) is 6. The molecule has 1 unspecified atom stereocenters. The molecule has 10 heteroatoms. The normalized spacial score (nSPS) is 15.2. The maximum atomic E-state index is 12.3. The largest absolute Gasteiger partial charge is 0.489 e. The van der Waals surface area contributed by atoms with Gasteiger partial charge in [0.15, 0.2) is 0 Å². The quantitative estimate of drug-likeness (QED) is 0.397. The summed E-state index contributed by atoms with van der Waals surface area (Å²) >= 11 is 13.6. The number of allylic oxidation sites excluding steroid dienone is 1. The number of fused-ring (bicyclic) bond motifs is 1. The Hall–Kier alpha value is -2.68. The van der Waals surface area contributed by atoms with Crippen LogP contribution in [-0.4, -0.2) is 26.4 Å². The number of thioether (sulfide) groups is 1. The summed E-state index contributed by atoms with van der Waals surface area (Å²) in [5, 5.41) is 9.44. The van der Waals surface area contributed by atoms with Gasteiger partial charge in [0.1, 0.15) is 18.4 Å². The summed E-state index contributed by atoms with van der Waals surface area (Å²) in [6, 6.07) is 12.4. The molecule has 0 saturated carbocycles. The number of halogens is 2. The minimum absolute atomic E-state index is 0.348. The molecule has 1 aliphatic rings. The highest BCUT2D eigenvalue weighted by Crippen LogP contribution is 2.36. The number of nitrogens with one attached hydrogen (secondary N) is 1. The fourth-order valence-corrected chi connectivity index (χ4v) is 4.56. The zero-order valence-corrected chi connectivity index (χ0v) is 20.5. The van der Waals surface area contributed by atoms with Crippen molar-refractivity contribution >= 4 is 46.8 Å². The van der Waals surface area contributed by atoms with Gasteiger partial charge in [-0.1, -0.05) is 60.1 Å². The molecule has 7 nitrogen and oxygen atoms in total. The van der Waals surface area contributed by atoms with Gasteiger partial charge in [-0.05, 0) is 48.7 Å². The fraction of sp³-hybridized carbons (Fsp3) is 0.261. The van der Waals surface area contributed by atoms with Crippen LogP contribution in [0.2, 0.25) is 10.0 Å². The van der Waals surface area contributed by atoms with Gasteiger partial charge < -0.3 is 15.8 Å². The molecule has 33 heavy (non-hydrogen) atoms. The highest BCUT2D eigenvalue weighted by molar-refractivity contribution is 7.99. The molecule has 0 radical (unpaired) electrons. The van der Waals surface area contributed by atoms with Gasteiger partial charge in [-0.25, -0.2) is 4.68 Å². The second-order valence-electron chi connectivity index (χ2n) is 7.55. The van der Waals surface area contributed by atoms with E-state index >= 15 is 0 Å². The molecule has 1 aromatic heterocycles. The van der Waals surface area contributed by atoms with E-state index in [-0.39, 0.29) is 0 Å². The number of aromatic nitrogens is 3. The summed E-state index contributed by atoms with van der Waals surface area (Å²) in [6.07, 6.45) is 1.01. The number of benzene rings is 2. The molecule has 0 spiro atoms. The SMILES string of the molecule is CCCSc1nc2n(n1)C(c1ccc(OCc3ccc(Cl)c(Cl)c3)cc1)C(C(N)=O)=C(C)N2. The summed E-state index contributed by atoms with van der Waals surface area (Å²) in [5.74, 6) is 1.67. The van der Waals surface area contributed by atoms with Gasteiger partial charge in [0.25, 0.3) is 0 Å². The first-order valence-electron chi connectivity index (χ1n) is 10.4. The number of hydrogen-bond donors (Lipinski definition) is 2. The number of amides is 1. The Balaban J connectivity index is 1.59. The van der Waals surface area contributed by atoms with E-state index in [2.05, 4.69) is 22.3 Å². The van der Waals surface area contributed by atoms with Gasteiger partial charge in [-0.3, -0.25) is 4.79 Å². The molecule has 1 amide bonds.